The molecule has 0 bridgehead atoms. The van der Waals surface area contributed by atoms with E-state index in [1.54, 1.807) is 24.3 Å². The molecule has 0 aromatic heterocycles. The maximum Gasteiger partial charge on any atom is 0.488 e. The van der Waals surface area contributed by atoms with Gasteiger partial charge in [0.15, 0.2) is 0 Å². The van der Waals surface area contributed by atoms with E-state index < -0.39 is 18.2 Å². The highest BCUT2D eigenvalue weighted by Gasteiger charge is 2.51. The maximum atomic E-state index is 14.8. The van der Waals surface area contributed by atoms with Crippen LogP contribution in [0.5, 0.6) is 0 Å². The van der Waals surface area contributed by atoms with Gasteiger partial charge in [-0.05, 0) is 24.0 Å². The number of aliphatic imine (C=N–C) groups is 1. The first kappa shape index (κ1) is 13.5. The van der Waals surface area contributed by atoms with E-state index in [1.807, 2.05) is 0 Å². The van der Waals surface area contributed by atoms with E-state index >= 15 is 0 Å². The Hall–Kier alpha value is -1.97. The third-order valence-corrected chi connectivity index (χ3v) is 3.44. The van der Waals surface area contributed by atoms with Gasteiger partial charge in [0.1, 0.15) is 6.07 Å². The van der Waals surface area contributed by atoms with E-state index in [9.17, 15) is 14.4 Å². The molecule has 2 N–H and O–H groups in total. The quantitative estimate of drug-likeness (QED) is 0.756. The molecular weight excluding hydrogens is 246 g/mol. The van der Waals surface area contributed by atoms with Gasteiger partial charge in [-0.15, -0.1) is 0 Å². The average molecular weight is 258 g/mol. The fraction of sp³-hybridized carbons (Fsp3) is 0.231. The highest BCUT2D eigenvalue weighted by molar-refractivity contribution is 6.59. The summed E-state index contributed by atoms with van der Waals surface area (Å²) in [5, 5.41) is 27.9. The summed E-state index contributed by atoms with van der Waals surface area (Å²) < 4.78 is 14.8. The molecule has 1 heterocycles. The summed E-state index contributed by atoms with van der Waals surface area (Å²) >= 11 is 0. The summed E-state index contributed by atoms with van der Waals surface area (Å²) in [6, 6.07) is 7.93. The van der Waals surface area contributed by atoms with E-state index in [1.165, 1.54) is 25.4 Å². The SMILES string of the molecule is CC1(c2ccccc2B(O)O)C=NC=CC1(F)C#N. The lowest BCUT2D eigenvalue weighted by molar-refractivity contribution is 0.228. The molecule has 1 aromatic carbocycles. The topological polar surface area (TPSA) is 76.6 Å². The monoisotopic (exact) mass is 258 g/mol. The second-order valence-corrected chi connectivity index (χ2v) is 4.58. The fourth-order valence-corrected chi connectivity index (χ4v) is 2.22. The molecule has 96 valence electrons. The Labute approximate surface area is 110 Å². The molecule has 0 radical (unpaired) electrons. The van der Waals surface area contributed by atoms with Crippen LogP contribution in [0, 0.1) is 11.3 Å². The third kappa shape index (κ3) is 1.97. The molecule has 0 aliphatic carbocycles. The van der Waals surface area contributed by atoms with Crippen LogP contribution in [0.15, 0.2) is 41.5 Å². The molecule has 2 rings (SSSR count). The van der Waals surface area contributed by atoms with Crippen LogP contribution in [0.3, 0.4) is 0 Å². The zero-order valence-corrected chi connectivity index (χ0v) is 10.3. The van der Waals surface area contributed by atoms with Crippen molar-refractivity contribution in [3.05, 3.63) is 42.1 Å². The van der Waals surface area contributed by atoms with Crippen molar-refractivity contribution in [2.75, 3.05) is 0 Å². The second-order valence-electron chi connectivity index (χ2n) is 4.58. The summed E-state index contributed by atoms with van der Waals surface area (Å²) in [5.74, 6) is 0. The number of hydrogen-bond acceptors (Lipinski definition) is 4. The first-order valence-electron chi connectivity index (χ1n) is 5.72. The third-order valence-electron chi connectivity index (χ3n) is 3.44. The second kappa shape index (κ2) is 4.61. The van der Waals surface area contributed by atoms with Gasteiger partial charge in [-0.3, -0.25) is 4.99 Å². The Morgan fingerprint density at radius 3 is 2.68 bits per heavy atom. The van der Waals surface area contributed by atoms with Crippen molar-refractivity contribution < 1.29 is 14.4 Å². The lowest BCUT2D eigenvalue weighted by Crippen LogP contribution is -2.51. The molecule has 2 unspecified atom stereocenters. The molecule has 6 heteroatoms. The molecule has 19 heavy (non-hydrogen) atoms. The maximum absolute atomic E-state index is 14.8. The predicted molar refractivity (Wildman–Crippen MR) is 70.7 cm³/mol. The molecule has 0 saturated carbocycles. The summed E-state index contributed by atoms with van der Waals surface area (Å²) in [7, 11) is -1.74. The van der Waals surface area contributed by atoms with Gasteiger partial charge >= 0.3 is 7.12 Å². The van der Waals surface area contributed by atoms with E-state index in [0.29, 0.717) is 5.56 Å². The summed E-state index contributed by atoms with van der Waals surface area (Å²) in [4.78, 5) is 3.89. The summed E-state index contributed by atoms with van der Waals surface area (Å²) in [5.41, 5.74) is -3.19. The zero-order chi connectivity index (χ0) is 14.1. The van der Waals surface area contributed by atoms with Gasteiger partial charge in [-0.2, -0.15) is 5.26 Å². The number of hydrogen-bond donors (Lipinski definition) is 2. The molecule has 2 atom stereocenters. The number of benzene rings is 1. The Balaban J connectivity index is 2.67. The summed E-state index contributed by atoms with van der Waals surface area (Å²) in [6.07, 6.45) is 3.62. The normalized spacial score (nSPS) is 29.0. The minimum atomic E-state index is -2.29. The van der Waals surface area contributed by atoms with Crippen LogP contribution in [0.25, 0.3) is 0 Å². The molecule has 1 aliphatic rings. The Morgan fingerprint density at radius 2 is 2.05 bits per heavy atom. The molecular formula is C13H12BFN2O2. The van der Waals surface area contributed by atoms with Crippen molar-refractivity contribution in [3.63, 3.8) is 0 Å². The highest BCUT2D eigenvalue weighted by Crippen LogP contribution is 2.39. The van der Waals surface area contributed by atoms with Crippen molar-refractivity contribution in [1.29, 1.82) is 5.26 Å². The van der Waals surface area contributed by atoms with E-state index in [-0.39, 0.29) is 5.46 Å². The van der Waals surface area contributed by atoms with E-state index in [2.05, 4.69) is 4.99 Å². The number of alkyl halides is 1. The number of rotatable bonds is 2. The zero-order valence-electron chi connectivity index (χ0n) is 10.3. The largest absolute Gasteiger partial charge is 0.488 e. The fourth-order valence-electron chi connectivity index (χ4n) is 2.22. The Bertz CT molecular complexity index is 597. The van der Waals surface area contributed by atoms with Gasteiger partial charge in [0.2, 0.25) is 5.67 Å². The van der Waals surface area contributed by atoms with Crippen LogP contribution >= 0.6 is 0 Å². The van der Waals surface area contributed by atoms with Gasteiger partial charge in [0, 0.05) is 12.4 Å². The molecule has 1 aliphatic heterocycles. The molecule has 0 saturated heterocycles. The van der Waals surface area contributed by atoms with E-state index in [4.69, 9.17) is 5.26 Å². The predicted octanol–water partition coefficient (Wildman–Crippen LogP) is 0.454. The number of nitrogens with zero attached hydrogens (tertiary/aromatic N) is 2. The van der Waals surface area contributed by atoms with Crippen molar-refractivity contribution in [3.8, 4) is 6.07 Å². The molecule has 1 aromatic rings. The van der Waals surface area contributed by atoms with Gasteiger partial charge in [-0.25, -0.2) is 4.39 Å². The minimum absolute atomic E-state index is 0.157. The van der Waals surface area contributed by atoms with Crippen molar-refractivity contribution in [1.82, 2.24) is 0 Å². The number of allylic oxidation sites excluding steroid dienone is 1. The van der Waals surface area contributed by atoms with Crippen molar-refractivity contribution in [2.45, 2.75) is 18.0 Å². The van der Waals surface area contributed by atoms with Crippen LogP contribution in [-0.2, 0) is 5.41 Å². The summed E-state index contributed by atoms with van der Waals surface area (Å²) in [6.45, 7) is 1.50. The van der Waals surface area contributed by atoms with Crippen LogP contribution in [-0.4, -0.2) is 29.0 Å². The Morgan fingerprint density at radius 1 is 1.37 bits per heavy atom. The first-order valence-corrected chi connectivity index (χ1v) is 5.72. The van der Waals surface area contributed by atoms with Crippen LogP contribution in [0.1, 0.15) is 12.5 Å². The average Bonchev–Trinajstić information content (AvgIpc) is 2.42. The van der Waals surface area contributed by atoms with Crippen LogP contribution in [0.2, 0.25) is 0 Å². The Kier molecular flexibility index (Phi) is 3.27. The van der Waals surface area contributed by atoms with Crippen LogP contribution in [0.4, 0.5) is 4.39 Å². The number of nitriles is 1. The molecule has 0 fully saturated rings. The van der Waals surface area contributed by atoms with Gasteiger partial charge < -0.3 is 10.0 Å². The smallest absolute Gasteiger partial charge is 0.423 e. The lowest BCUT2D eigenvalue weighted by Gasteiger charge is -2.36. The lowest BCUT2D eigenvalue weighted by atomic mass is 9.63. The van der Waals surface area contributed by atoms with Gasteiger partial charge in [0.05, 0.1) is 5.41 Å². The highest BCUT2D eigenvalue weighted by atomic mass is 19.1. The first-order chi connectivity index (χ1) is 8.94. The van der Waals surface area contributed by atoms with Crippen molar-refractivity contribution >= 4 is 18.8 Å². The van der Waals surface area contributed by atoms with Crippen molar-refractivity contribution in [2.24, 2.45) is 4.99 Å². The minimum Gasteiger partial charge on any atom is -0.423 e. The molecule has 0 amide bonds. The van der Waals surface area contributed by atoms with E-state index in [0.717, 1.165) is 6.08 Å². The van der Waals surface area contributed by atoms with Gasteiger partial charge in [-0.1, -0.05) is 24.3 Å². The van der Waals surface area contributed by atoms with Crippen LogP contribution < -0.4 is 5.46 Å². The number of halogens is 1. The molecule has 0 spiro atoms. The molecule has 4 nitrogen and oxygen atoms in total. The van der Waals surface area contributed by atoms with Gasteiger partial charge in [0.25, 0.3) is 0 Å². The standard InChI is InChI=1S/C13H12BFN2O2/c1-12(9-17-7-6-13(12,15)8-16)10-4-2-3-5-11(10)14(18)19/h2-7,9,18-19H,1H3.